The molecular weight excluding hydrogens is 306 g/mol. The van der Waals surface area contributed by atoms with Crippen LogP contribution in [0.2, 0.25) is 0 Å². The van der Waals surface area contributed by atoms with Crippen LogP contribution in [0.1, 0.15) is 10.4 Å². The van der Waals surface area contributed by atoms with Crippen molar-refractivity contribution in [2.45, 2.75) is 0 Å². The molecule has 7 heteroatoms. The lowest BCUT2D eigenvalue weighted by atomic mass is 10.2. The third-order valence-electron chi connectivity index (χ3n) is 3.84. The number of ether oxygens (including phenoxy) is 1. The van der Waals surface area contributed by atoms with E-state index in [2.05, 4.69) is 15.3 Å². The van der Waals surface area contributed by atoms with Crippen molar-refractivity contribution >= 4 is 23.2 Å². The molecule has 0 saturated carbocycles. The average Bonchev–Trinajstić information content (AvgIpc) is 2.63. The molecule has 126 valence electrons. The lowest BCUT2D eigenvalue weighted by molar-refractivity contribution is 0.102. The summed E-state index contributed by atoms with van der Waals surface area (Å²) < 4.78 is 5.31. The molecule has 0 unspecified atom stereocenters. The summed E-state index contributed by atoms with van der Waals surface area (Å²) in [6.07, 6.45) is 3.11. The van der Waals surface area contributed by atoms with Crippen LogP contribution in [0.25, 0.3) is 0 Å². The highest BCUT2D eigenvalue weighted by atomic mass is 16.5. The Hall–Kier alpha value is -2.67. The maximum atomic E-state index is 12.3. The third kappa shape index (κ3) is 3.80. The highest BCUT2D eigenvalue weighted by molar-refractivity contribution is 6.03. The standard InChI is InChI=1S/C17H21N5O2/c1-21(2)15-5-3-14(4-6-15)20-16(23)13-11-18-17(19-12-13)22-7-9-24-10-8-22/h3-6,11-12H,7-10H2,1-2H3,(H,20,23). The molecular formula is C17H21N5O2. The van der Waals surface area contributed by atoms with Gasteiger partial charge >= 0.3 is 0 Å². The molecule has 1 aliphatic heterocycles. The summed E-state index contributed by atoms with van der Waals surface area (Å²) in [5.74, 6) is 0.409. The van der Waals surface area contributed by atoms with E-state index in [0.717, 1.165) is 24.5 Å². The van der Waals surface area contributed by atoms with Gasteiger partial charge in [0.25, 0.3) is 5.91 Å². The minimum absolute atomic E-state index is 0.221. The van der Waals surface area contributed by atoms with Crippen LogP contribution in [-0.2, 0) is 4.74 Å². The van der Waals surface area contributed by atoms with Gasteiger partial charge in [-0.25, -0.2) is 9.97 Å². The number of rotatable bonds is 4. The van der Waals surface area contributed by atoms with Crippen molar-refractivity contribution in [1.82, 2.24) is 9.97 Å². The van der Waals surface area contributed by atoms with Crippen LogP contribution in [-0.4, -0.2) is 56.3 Å². The molecule has 1 saturated heterocycles. The number of aromatic nitrogens is 2. The Labute approximate surface area is 141 Å². The van der Waals surface area contributed by atoms with E-state index in [1.165, 1.54) is 0 Å². The Morgan fingerprint density at radius 3 is 2.33 bits per heavy atom. The van der Waals surface area contributed by atoms with Gasteiger partial charge in [-0.1, -0.05) is 0 Å². The van der Waals surface area contributed by atoms with E-state index < -0.39 is 0 Å². The molecule has 0 radical (unpaired) electrons. The van der Waals surface area contributed by atoms with Crippen molar-refractivity contribution in [3.8, 4) is 0 Å². The maximum Gasteiger partial charge on any atom is 0.258 e. The first-order valence-electron chi connectivity index (χ1n) is 7.87. The largest absolute Gasteiger partial charge is 0.378 e. The van der Waals surface area contributed by atoms with Crippen molar-refractivity contribution < 1.29 is 9.53 Å². The van der Waals surface area contributed by atoms with Crippen molar-refractivity contribution in [3.63, 3.8) is 0 Å². The van der Waals surface area contributed by atoms with E-state index in [1.54, 1.807) is 12.4 Å². The van der Waals surface area contributed by atoms with E-state index in [4.69, 9.17) is 4.74 Å². The van der Waals surface area contributed by atoms with Crippen molar-refractivity contribution in [2.24, 2.45) is 0 Å². The van der Waals surface area contributed by atoms with E-state index in [9.17, 15) is 4.79 Å². The first-order valence-corrected chi connectivity index (χ1v) is 7.87. The summed E-state index contributed by atoms with van der Waals surface area (Å²) in [5.41, 5.74) is 2.25. The minimum atomic E-state index is -0.221. The summed E-state index contributed by atoms with van der Waals surface area (Å²) in [6, 6.07) is 7.65. The molecule has 2 aromatic rings. The smallest absolute Gasteiger partial charge is 0.258 e. The normalized spacial score (nSPS) is 14.3. The SMILES string of the molecule is CN(C)c1ccc(NC(=O)c2cnc(N3CCOCC3)nc2)cc1. The summed E-state index contributed by atoms with van der Waals surface area (Å²) >= 11 is 0. The highest BCUT2D eigenvalue weighted by Gasteiger charge is 2.14. The molecule has 7 nitrogen and oxygen atoms in total. The number of nitrogens with zero attached hydrogens (tertiary/aromatic N) is 4. The number of hydrogen-bond acceptors (Lipinski definition) is 6. The summed E-state index contributed by atoms with van der Waals surface area (Å²) in [5, 5.41) is 2.85. The number of hydrogen-bond donors (Lipinski definition) is 1. The van der Waals surface area contributed by atoms with Crippen LogP contribution in [0, 0.1) is 0 Å². The van der Waals surface area contributed by atoms with Crippen LogP contribution in [0.3, 0.4) is 0 Å². The van der Waals surface area contributed by atoms with E-state index >= 15 is 0 Å². The van der Waals surface area contributed by atoms with Crippen molar-refractivity contribution in [3.05, 3.63) is 42.2 Å². The molecule has 3 rings (SSSR count). The zero-order valence-electron chi connectivity index (χ0n) is 13.9. The fourth-order valence-electron chi connectivity index (χ4n) is 2.41. The van der Waals surface area contributed by atoms with Gasteiger partial charge in [-0.2, -0.15) is 0 Å². The minimum Gasteiger partial charge on any atom is -0.378 e. The zero-order valence-corrected chi connectivity index (χ0v) is 13.9. The van der Waals surface area contributed by atoms with E-state index in [-0.39, 0.29) is 5.91 Å². The van der Waals surface area contributed by atoms with Gasteiger partial charge in [-0.15, -0.1) is 0 Å². The first kappa shape index (κ1) is 16.2. The van der Waals surface area contributed by atoms with Crippen LogP contribution in [0.15, 0.2) is 36.7 Å². The highest BCUT2D eigenvalue weighted by Crippen LogP contribution is 2.16. The Morgan fingerprint density at radius 2 is 1.75 bits per heavy atom. The molecule has 24 heavy (non-hydrogen) atoms. The molecule has 0 bridgehead atoms. The molecule has 1 fully saturated rings. The number of benzene rings is 1. The van der Waals surface area contributed by atoms with Gasteiger partial charge in [0.05, 0.1) is 18.8 Å². The molecule has 0 atom stereocenters. The molecule has 0 spiro atoms. The number of anilines is 3. The molecule has 0 aliphatic carbocycles. The molecule has 2 heterocycles. The number of amides is 1. The van der Waals surface area contributed by atoms with Gasteiger partial charge in [0.15, 0.2) is 0 Å². The number of carbonyl (C=O) groups excluding carboxylic acids is 1. The Bertz CT molecular complexity index is 679. The molecule has 1 aliphatic rings. The second kappa shape index (κ2) is 7.27. The first-order chi connectivity index (χ1) is 11.6. The van der Waals surface area contributed by atoms with Crippen LogP contribution < -0.4 is 15.1 Å². The lowest BCUT2D eigenvalue weighted by Crippen LogP contribution is -2.37. The number of morpholine rings is 1. The predicted molar refractivity (Wildman–Crippen MR) is 93.8 cm³/mol. The molecule has 1 aromatic carbocycles. The van der Waals surface area contributed by atoms with E-state index in [0.29, 0.717) is 24.7 Å². The van der Waals surface area contributed by atoms with Crippen LogP contribution in [0.5, 0.6) is 0 Å². The van der Waals surface area contributed by atoms with Crippen LogP contribution in [0.4, 0.5) is 17.3 Å². The van der Waals surface area contributed by atoms with Crippen LogP contribution >= 0.6 is 0 Å². The third-order valence-corrected chi connectivity index (χ3v) is 3.84. The molecule has 1 aromatic heterocycles. The fraction of sp³-hybridized carbons (Fsp3) is 0.353. The number of nitrogens with one attached hydrogen (secondary N) is 1. The average molecular weight is 327 g/mol. The van der Waals surface area contributed by atoms with Gasteiger partial charge in [-0.05, 0) is 24.3 Å². The summed E-state index contributed by atoms with van der Waals surface area (Å²) in [4.78, 5) is 24.9. The summed E-state index contributed by atoms with van der Waals surface area (Å²) in [6.45, 7) is 2.89. The molecule has 1 amide bonds. The van der Waals surface area contributed by atoms with Gasteiger partial charge in [-0.3, -0.25) is 4.79 Å². The quantitative estimate of drug-likeness (QED) is 0.920. The Morgan fingerprint density at radius 1 is 1.12 bits per heavy atom. The van der Waals surface area contributed by atoms with Gasteiger partial charge in [0, 0.05) is 51.0 Å². The second-order valence-corrected chi connectivity index (χ2v) is 5.77. The Kier molecular flexibility index (Phi) is 4.90. The fourth-order valence-corrected chi connectivity index (χ4v) is 2.41. The van der Waals surface area contributed by atoms with E-state index in [1.807, 2.05) is 48.2 Å². The maximum absolute atomic E-state index is 12.3. The topological polar surface area (TPSA) is 70.6 Å². The van der Waals surface area contributed by atoms with Gasteiger partial charge < -0.3 is 19.9 Å². The zero-order chi connectivity index (χ0) is 16.9. The van der Waals surface area contributed by atoms with Gasteiger partial charge in [0.2, 0.25) is 5.95 Å². The monoisotopic (exact) mass is 327 g/mol. The Balaban J connectivity index is 1.64. The second-order valence-electron chi connectivity index (χ2n) is 5.77. The van der Waals surface area contributed by atoms with Crippen molar-refractivity contribution in [2.75, 3.05) is 55.5 Å². The lowest BCUT2D eigenvalue weighted by Gasteiger charge is -2.26. The number of carbonyl (C=O) groups is 1. The van der Waals surface area contributed by atoms with Crippen molar-refractivity contribution in [1.29, 1.82) is 0 Å². The predicted octanol–water partition coefficient (Wildman–Crippen LogP) is 1.63. The summed E-state index contributed by atoms with van der Waals surface area (Å²) in [7, 11) is 3.95. The van der Waals surface area contributed by atoms with Gasteiger partial charge in [0.1, 0.15) is 0 Å². The molecule has 1 N–H and O–H groups in total.